The van der Waals surface area contributed by atoms with Crippen molar-refractivity contribution in [2.24, 2.45) is 11.8 Å². The van der Waals surface area contributed by atoms with E-state index in [0.717, 1.165) is 52.8 Å². The molecule has 5 rings (SSSR count). The van der Waals surface area contributed by atoms with Crippen LogP contribution in [0.15, 0.2) is 30.6 Å². The van der Waals surface area contributed by atoms with Crippen LogP contribution in [0.2, 0.25) is 10.0 Å². The minimum atomic E-state index is 0.522. The van der Waals surface area contributed by atoms with Gasteiger partial charge in [-0.15, -0.1) is 0 Å². The van der Waals surface area contributed by atoms with Crippen molar-refractivity contribution in [3.63, 3.8) is 0 Å². The molecule has 0 radical (unpaired) electrons. The number of nitrogens with one attached hydrogen (secondary N) is 1. The summed E-state index contributed by atoms with van der Waals surface area (Å²) in [5, 5.41) is 9.11. The fourth-order valence-corrected chi connectivity index (χ4v) is 5.36. The molecule has 146 valence electrons. The third-order valence-electron chi connectivity index (χ3n) is 6.53. The monoisotopic (exact) mass is 414 g/mol. The van der Waals surface area contributed by atoms with Crippen LogP contribution in [0, 0.1) is 11.8 Å². The van der Waals surface area contributed by atoms with Crippen molar-refractivity contribution in [1.82, 2.24) is 15.2 Å². The Morgan fingerprint density at radius 1 is 1.04 bits per heavy atom. The van der Waals surface area contributed by atoms with Crippen LogP contribution >= 0.6 is 23.2 Å². The van der Waals surface area contributed by atoms with Crippen molar-refractivity contribution in [1.29, 1.82) is 0 Å². The van der Waals surface area contributed by atoms with E-state index in [0.29, 0.717) is 10.0 Å². The Bertz CT molecular complexity index is 980. The molecule has 0 spiro atoms. The summed E-state index contributed by atoms with van der Waals surface area (Å²) in [6.07, 6.45) is 12.0. The molecule has 3 aromatic rings. The van der Waals surface area contributed by atoms with E-state index in [1.807, 2.05) is 24.5 Å². The van der Waals surface area contributed by atoms with Gasteiger partial charge in [0.25, 0.3) is 0 Å². The quantitative estimate of drug-likeness (QED) is 0.543. The number of aromatic nitrogens is 3. The van der Waals surface area contributed by atoms with Gasteiger partial charge in [-0.2, -0.15) is 5.10 Å². The van der Waals surface area contributed by atoms with Crippen LogP contribution in [0.4, 0.5) is 5.82 Å². The van der Waals surface area contributed by atoms with Gasteiger partial charge in [0, 0.05) is 30.2 Å². The van der Waals surface area contributed by atoms with E-state index in [4.69, 9.17) is 28.2 Å². The fraction of sp³-hybridized carbons (Fsp3) is 0.455. The molecular formula is C22H24Cl2N4. The lowest BCUT2D eigenvalue weighted by Crippen LogP contribution is -2.24. The first-order valence-electron chi connectivity index (χ1n) is 10.2. The van der Waals surface area contributed by atoms with Crippen LogP contribution in [-0.4, -0.2) is 28.3 Å². The number of hydrogen-bond acceptors (Lipinski definition) is 3. The second kappa shape index (κ2) is 7.57. The van der Waals surface area contributed by atoms with E-state index in [-0.39, 0.29) is 0 Å². The van der Waals surface area contributed by atoms with Crippen LogP contribution in [0.25, 0.3) is 22.0 Å². The van der Waals surface area contributed by atoms with Gasteiger partial charge in [-0.1, -0.05) is 61.4 Å². The smallest absolute Gasteiger partial charge is 0.129 e. The number of fused-ring (bicyclic) bond motifs is 1. The lowest BCUT2D eigenvalue weighted by atomic mass is 9.80. The summed E-state index contributed by atoms with van der Waals surface area (Å²) < 4.78 is 0. The van der Waals surface area contributed by atoms with E-state index >= 15 is 0 Å². The number of anilines is 1. The number of benzene rings is 1. The molecule has 1 aliphatic heterocycles. The molecular weight excluding hydrogens is 391 g/mol. The maximum absolute atomic E-state index is 6.55. The highest BCUT2D eigenvalue weighted by Gasteiger charge is 2.31. The minimum absolute atomic E-state index is 0.522. The molecule has 1 aliphatic carbocycles. The molecule has 4 nitrogen and oxygen atoms in total. The maximum atomic E-state index is 6.55. The highest BCUT2D eigenvalue weighted by atomic mass is 35.5. The summed E-state index contributed by atoms with van der Waals surface area (Å²) in [5.41, 5.74) is 2.90. The Morgan fingerprint density at radius 3 is 2.68 bits per heavy atom. The zero-order valence-electron chi connectivity index (χ0n) is 15.8. The summed E-state index contributed by atoms with van der Waals surface area (Å²) in [7, 11) is 0. The van der Waals surface area contributed by atoms with E-state index in [1.165, 1.54) is 38.5 Å². The predicted octanol–water partition coefficient (Wildman–Crippen LogP) is 6.34. The van der Waals surface area contributed by atoms with Crippen LogP contribution in [-0.2, 0) is 0 Å². The lowest BCUT2D eigenvalue weighted by Gasteiger charge is -2.27. The predicted molar refractivity (Wildman–Crippen MR) is 116 cm³/mol. The standard InChI is InChI=1S/C22H24Cl2N4/c23-19-7-6-17-18(16-11-25-26-12-16)10-20(27-22(17)21(19)24)28-9-8-15(13-28)14-4-2-1-3-5-14/h6-7,10-12,14-15H,1-5,8-9,13H2,(H,25,26). The summed E-state index contributed by atoms with van der Waals surface area (Å²) in [5.74, 6) is 2.65. The van der Waals surface area contributed by atoms with Crippen LogP contribution in [0.3, 0.4) is 0 Å². The zero-order valence-corrected chi connectivity index (χ0v) is 17.3. The van der Waals surface area contributed by atoms with Gasteiger partial charge in [-0.05, 0) is 36.0 Å². The molecule has 6 heteroatoms. The van der Waals surface area contributed by atoms with Gasteiger partial charge >= 0.3 is 0 Å². The minimum Gasteiger partial charge on any atom is -0.356 e. The lowest BCUT2D eigenvalue weighted by molar-refractivity contribution is 0.264. The summed E-state index contributed by atoms with van der Waals surface area (Å²) in [4.78, 5) is 7.38. The summed E-state index contributed by atoms with van der Waals surface area (Å²) in [6.45, 7) is 2.15. The second-order valence-electron chi connectivity index (χ2n) is 8.17. The first kappa shape index (κ1) is 18.3. The van der Waals surface area contributed by atoms with E-state index in [9.17, 15) is 0 Å². The third kappa shape index (κ3) is 3.27. The number of nitrogens with zero attached hydrogens (tertiary/aromatic N) is 3. The van der Waals surface area contributed by atoms with E-state index in [2.05, 4.69) is 21.2 Å². The molecule has 3 heterocycles. The van der Waals surface area contributed by atoms with Crippen molar-refractivity contribution < 1.29 is 0 Å². The molecule has 1 atom stereocenters. The SMILES string of the molecule is Clc1ccc2c(-c3cn[nH]c3)cc(N3CCC(C4CCCCC4)C3)nc2c1Cl. The van der Waals surface area contributed by atoms with Crippen LogP contribution in [0.1, 0.15) is 38.5 Å². The highest BCUT2D eigenvalue weighted by Crippen LogP contribution is 2.40. The van der Waals surface area contributed by atoms with Crippen molar-refractivity contribution in [2.75, 3.05) is 18.0 Å². The number of pyridine rings is 1. The third-order valence-corrected chi connectivity index (χ3v) is 7.33. The topological polar surface area (TPSA) is 44.8 Å². The zero-order chi connectivity index (χ0) is 19.1. The summed E-state index contributed by atoms with van der Waals surface area (Å²) in [6, 6.07) is 6.02. The van der Waals surface area contributed by atoms with Crippen molar-refractivity contribution in [2.45, 2.75) is 38.5 Å². The van der Waals surface area contributed by atoms with Crippen LogP contribution < -0.4 is 4.90 Å². The molecule has 1 saturated heterocycles. The summed E-state index contributed by atoms with van der Waals surface area (Å²) >= 11 is 12.8. The largest absolute Gasteiger partial charge is 0.356 e. The Hall–Kier alpha value is -1.78. The fourth-order valence-electron chi connectivity index (χ4n) is 5.01. The normalized spacial score (nSPS) is 20.9. The number of hydrogen-bond donors (Lipinski definition) is 1. The molecule has 2 aromatic heterocycles. The van der Waals surface area contributed by atoms with Crippen molar-refractivity contribution >= 4 is 39.9 Å². The molecule has 1 N–H and O–H groups in total. The Kier molecular flexibility index (Phi) is 4.93. The van der Waals surface area contributed by atoms with Gasteiger partial charge in [0.05, 0.1) is 21.8 Å². The molecule has 1 aromatic carbocycles. The van der Waals surface area contributed by atoms with Crippen molar-refractivity contribution in [3.8, 4) is 11.1 Å². The number of aromatic amines is 1. The average molecular weight is 415 g/mol. The Morgan fingerprint density at radius 2 is 1.89 bits per heavy atom. The molecule has 28 heavy (non-hydrogen) atoms. The van der Waals surface area contributed by atoms with Gasteiger partial charge in [-0.25, -0.2) is 4.98 Å². The Labute approximate surface area is 175 Å². The Balaban J connectivity index is 1.54. The number of halogens is 2. The maximum Gasteiger partial charge on any atom is 0.129 e. The highest BCUT2D eigenvalue weighted by molar-refractivity contribution is 6.45. The van der Waals surface area contributed by atoms with Crippen molar-refractivity contribution in [3.05, 3.63) is 40.6 Å². The van der Waals surface area contributed by atoms with Gasteiger partial charge in [-0.3, -0.25) is 5.10 Å². The number of rotatable bonds is 3. The molecule has 0 amide bonds. The van der Waals surface area contributed by atoms with Gasteiger partial charge in [0.15, 0.2) is 0 Å². The van der Waals surface area contributed by atoms with E-state index in [1.54, 1.807) is 0 Å². The van der Waals surface area contributed by atoms with Gasteiger partial charge in [0.1, 0.15) is 5.82 Å². The number of H-pyrrole nitrogens is 1. The van der Waals surface area contributed by atoms with Gasteiger partial charge in [0.2, 0.25) is 0 Å². The first-order valence-corrected chi connectivity index (χ1v) is 11.0. The molecule has 2 aliphatic rings. The average Bonchev–Trinajstić information content (AvgIpc) is 3.43. The molecule has 1 saturated carbocycles. The second-order valence-corrected chi connectivity index (χ2v) is 8.95. The van der Waals surface area contributed by atoms with Gasteiger partial charge < -0.3 is 4.90 Å². The first-order chi connectivity index (χ1) is 13.7. The molecule has 2 fully saturated rings. The molecule has 1 unspecified atom stereocenters. The van der Waals surface area contributed by atoms with E-state index < -0.39 is 0 Å². The van der Waals surface area contributed by atoms with Crippen LogP contribution in [0.5, 0.6) is 0 Å². The molecule has 0 bridgehead atoms.